The molecule has 8 nitrogen and oxygen atoms in total. The molecule has 0 radical (unpaired) electrons. The van der Waals surface area contributed by atoms with Crippen LogP contribution in [0.25, 0.3) is 0 Å². The fourth-order valence-corrected chi connectivity index (χ4v) is 4.50. The number of rotatable bonds is 12. The molecule has 0 heterocycles. The summed E-state index contributed by atoms with van der Waals surface area (Å²) in [5.41, 5.74) is 0.109. The molecule has 0 aliphatic heterocycles. The molecule has 32 heavy (non-hydrogen) atoms. The summed E-state index contributed by atoms with van der Waals surface area (Å²) in [6.07, 6.45) is 5.75. The van der Waals surface area contributed by atoms with E-state index in [4.69, 9.17) is 14.2 Å². The normalized spacial score (nSPS) is 21.8. The molecule has 2 amide bonds. The molecule has 0 saturated heterocycles. The highest BCUT2D eigenvalue weighted by atomic mass is 16.6. The van der Waals surface area contributed by atoms with Gasteiger partial charge in [0, 0.05) is 18.2 Å². The van der Waals surface area contributed by atoms with Crippen molar-refractivity contribution in [3.05, 3.63) is 12.2 Å². The van der Waals surface area contributed by atoms with Crippen LogP contribution in [0.4, 0.5) is 9.59 Å². The Labute approximate surface area is 192 Å². The Balaban J connectivity index is 2.44. The quantitative estimate of drug-likeness (QED) is 0.191. The van der Waals surface area contributed by atoms with Crippen molar-refractivity contribution in [2.45, 2.75) is 85.6 Å². The maximum Gasteiger partial charge on any atom is 0.407 e. The van der Waals surface area contributed by atoms with Gasteiger partial charge in [0.2, 0.25) is 0 Å². The average Bonchev–Trinajstić information content (AvgIpc) is 2.67. The smallest absolute Gasteiger partial charge is 0.407 e. The molecule has 184 valence electrons. The standard InChI is InChI=1S/C24H42N2O6/c1-7-8-9-10-11-31-21(28)25-17-24(6)15-19(14-23(4,5)16-24)26-22(29)32-13-12-30-20(27)18(2)3/h19H,2,7-17H2,1,3-6H3,(H,25,28)(H,26,29). The lowest BCUT2D eigenvalue weighted by atomic mass is 9.62. The molecule has 2 unspecified atom stereocenters. The lowest BCUT2D eigenvalue weighted by Gasteiger charge is -2.46. The van der Waals surface area contributed by atoms with Crippen molar-refractivity contribution in [2.75, 3.05) is 26.4 Å². The van der Waals surface area contributed by atoms with Crippen LogP contribution in [0.2, 0.25) is 0 Å². The van der Waals surface area contributed by atoms with Crippen molar-refractivity contribution in [3.63, 3.8) is 0 Å². The van der Waals surface area contributed by atoms with Crippen molar-refractivity contribution in [1.82, 2.24) is 10.6 Å². The molecule has 0 spiro atoms. The van der Waals surface area contributed by atoms with Crippen molar-refractivity contribution in [3.8, 4) is 0 Å². The average molecular weight is 455 g/mol. The van der Waals surface area contributed by atoms with Gasteiger partial charge < -0.3 is 24.8 Å². The number of hydrogen-bond donors (Lipinski definition) is 2. The van der Waals surface area contributed by atoms with Crippen molar-refractivity contribution in [1.29, 1.82) is 0 Å². The summed E-state index contributed by atoms with van der Waals surface area (Å²) >= 11 is 0. The Morgan fingerprint density at radius 1 is 0.938 bits per heavy atom. The molecule has 1 fully saturated rings. The predicted octanol–water partition coefficient (Wildman–Crippen LogP) is 4.72. The number of unbranched alkanes of at least 4 members (excludes halogenated alkanes) is 3. The van der Waals surface area contributed by atoms with E-state index in [0.29, 0.717) is 25.1 Å². The summed E-state index contributed by atoms with van der Waals surface area (Å²) < 4.78 is 15.3. The van der Waals surface area contributed by atoms with Gasteiger partial charge in [0.1, 0.15) is 13.2 Å². The number of ether oxygens (including phenoxy) is 3. The van der Waals surface area contributed by atoms with Crippen LogP contribution in [0.15, 0.2) is 12.2 Å². The molecule has 1 rings (SSSR count). The summed E-state index contributed by atoms with van der Waals surface area (Å²) in [7, 11) is 0. The van der Waals surface area contributed by atoms with Crippen LogP contribution >= 0.6 is 0 Å². The van der Waals surface area contributed by atoms with E-state index in [2.05, 4.69) is 44.9 Å². The third-order valence-electron chi connectivity index (χ3n) is 5.55. The molecule has 1 aliphatic rings. The van der Waals surface area contributed by atoms with Crippen LogP contribution in [0.5, 0.6) is 0 Å². The Bertz CT molecular complexity index is 648. The first kappa shape index (κ1) is 27.8. The van der Waals surface area contributed by atoms with Gasteiger partial charge in [0.15, 0.2) is 0 Å². The zero-order chi connectivity index (χ0) is 24.2. The lowest BCUT2D eigenvalue weighted by molar-refractivity contribution is -0.139. The lowest BCUT2D eigenvalue weighted by Crippen LogP contribution is -2.50. The molecular weight excluding hydrogens is 412 g/mol. The molecule has 8 heteroatoms. The maximum absolute atomic E-state index is 12.2. The summed E-state index contributed by atoms with van der Waals surface area (Å²) in [6, 6.07) is -0.0823. The van der Waals surface area contributed by atoms with E-state index >= 15 is 0 Å². The monoisotopic (exact) mass is 454 g/mol. The topological polar surface area (TPSA) is 103 Å². The number of carbonyl (C=O) groups is 3. The van der Waals surface area contributed by atoms with Crippen molar-refractivity contribution in [2.24, 2.45) is 10.8 Å². The van der Waals surface area contributed by atoms with Gasteiger partial charge in [-0.3, -0.25) is 0 Å². The first-order valence-corrected chi connectivity index (χ1v) is 11.6. The van der Waals surface area contributed by atoms with Gasteiger partial charge >= 0.3 is 18.2 Å². The minimum absolute atomic E-state index is 0.00625. The van der Waals surface area contributed by atoms with Gasteiger partial charge in [0.05, 0.1) is 6.61 Å². The maximum atomic E-state index is 12.2. The number of hydrogen-bond acceptors (Lipinski definition) is 6. The van der Waals surface area contributed by atoms with E-state index in [-0.39, 0.29) is 36.2 Å². The van der Waals surface area contributed by atoms with Gasteiger partial charge in [-0.1, -0.05) is 53.5 Å². The molecule has 2 N–H and O–H groups in total. The Morgan fingerprint density at radius 2 is 1.59 bits per heavy atom. The highest BCUT2D eigenvalue weighted by Gasteiger charge is 2.42. The summed E-state index contributed by atoms with van der Waals surface area (Å²) in [5.74, 6) is -0.509. The minimum Gasteiger partial charge on any atom is -0.459 e. The SMILES string of the molecule is C=C(C)C(=O)OCCOC(=O)NC1CC(C)(C)CC(C)(CNC(=O)OCCCCCC)C1. The summed E-state index contributed by atoms with van der Waals surface area (Å²) in [4.78, 5) is 35.6. The van der Waals surface area contributed by atoms with Crippen LogP contribution in [0, 0.1) is 10.8 Å². The predicted molar refractivity (Wildman–Crippen MR) is 123 cm³/mol. The second-order valence-electron chi connectivity index (χ2n) is 10.0. The van der Waals surface area contributed by atoms with Crippen LogP contribution in [0.1, 0.15) is 79.6 Å². The van der Waals surface area contributed by atoms with Gasteiger partial charge in [-0.2, -0.15) is 0 Å². The fraction of sp³-hybridized carbons (Fsp3) is 0.792. The minimum atomic E-state index is -0.541. The van der Waals surface area contributed by atoms with Crippen LogP contribution in [-0.4, -0.2) is 50.6 Å². The number of nitrogens with one attached hydrogen (secondary N) is 2. The van der Waals surface area contributed by atoms with Gasteiger partial charge in [-0.15, -0.1) is 0 Å². The third kappa shape index (κ3) is 11.4. The Hall–Kier alpha value is -2.25. The largest absolute Gasteiger partial charge is 0.459 e. The fourth-order valence-electron chi connectivity index (χ4n) is 4.50. The Morgan fingerprint density at radius 3 is 2.25 bits per heavy atom. The van der Waals surface area contributed by atoms with E-state index in [9.17, 15) is 14.4 Å². The van der Waals surface area contributed by atoms with Gasteiger partial charge in [-0.25, -0.2) is 14.4 Å². The molecule has 0 aromatic carbocycles. The number of alkyl carbamates (subject to hydrolysis) is 2. The van der Waals surface area contributed by atoms with Gasteiger partial charge in [0.25, 0.3) is 0 Å². The van der Waals surface area contributed by atoms with Crippen molar-refractivity contribution >= 4 is 18.2 Å². The second-order valence-corrected chi connectivity index (χ2v) is 10.0. The number of carbonyl (C=O) groups excluding carboxylic acids is 3. The highest BCUT2D eigenvalue weighted by molar-refractivity contribution is 5.86. The first-order valence-electron chi connectivity index (χ1n) is 11.6. The first-order chi connectivity index (χ1) is 15.0. The van der Waals surface area contributed by atoms with Crippen LogP contribution in [-0.2, 0) is 19.0 Å². The van der Waals surface area contributed by atoms with Gasteiger partial charge in [-0.05, 0) is 43.4 Å². The molecule has 1 aliphatic carbocycles. The third-order valence-corrected chi connectivity index (χ3v) is 5.55. The molecular formula is C24H42N2O6. The zero-order valence-electron chi connectivity index (χ0n) is 20.5. The molecule has 1 saturated carbocycles. The molecule has 2 atom stereocenters. The van der Waals surface area contributed by atoms with E-state index in [0.717, 1.165) is 38.5 Å². The van der Waals surface area contributed by atoms with E-state index < -0.39 is 12.1 Å². The summed E-state index contributed by atoms with van der Waals surface area (Å²) in [6.45, 7) is 14.5. The van der Waals surface area contributed by atoms with E-state index in [1.54, 1.807) is 6.92 Å². The van der Waals surface area contributed by atoms with Crippen LogP contribution in [0.3, 0.4) is 0 Å². The zero-order valence-corrected chi connectivity index (χ0v) is 20.5. The van der Waals surface area contributed by atoms with Crippen LogP contribution < -0.4 is 10.6 Å². The highest BCUT2D eigenvalue weighted by Crippen LogP contribution is 2.45. The molecule has 0 aromatic rings. The molecule has 0 aromatic heterocycles. The second kappa shape index (κ2) is 13.3. The molecule has 0 bridgehead atoms. The van der Waals surface area contributed by atoms with E-state index in [1.807, 2.05) is 0 Å². The number of amides is 2. The van der Waals surface area contributed by atoms with Crippen molar-refractivity contribution < 1.29 is 28.6 Å². The Kier molecular flexibility index (Phi) is 11.6. The van der Waals surface area contributed by atoms with E-state index in [1.165, 1.54) is 0 Å². The summed E-state index contributed by atoms with van der Waals surface area (Å²) in [5, 5.41) is 5.82. The number of esters is 1.